The highest BCUT2D eigenvalue weighted by Gasteiger charge is 2.16. The Bertz CT molecular complexity index is 677. The number of ether oxygens (including phenoxy) is 1. The standard InChI is InChI=1S/C16H17ClN4OS/c17-13-10-14(22-12-8-2-1-3-9-12)20-15(19-13)21-16(23)18-11-6-4-5-7-11/h1-3,8-11H,4-7H2,(H2,18,19,20,21,23). The number of anilines is 1. The maximum Gasteiger partial charge on any atom is 0.233 e. The summed E-state index contributed by atoms with van der Waals surface area (Å²) in [5, 5.41) is 7.04. The van der Waals surface area contributed by atoms with Crippen LogP contribution in [0, 0.1) is 0 Å². The lowest BCUT2D eigenvalue weighted by atomic mass is 10.3. The summed E-state index contributed by atoms with van der Waals surface area (Å²) in [7, 11) is 0. The van der Waals surface area contributed by atoms with E-state index in [-0.39, 0.29) is 5.15 Å². The molecule has 1 aliphatic carbocycles. The van der Waals surface area contributed by atoms with E-state index in [0.717, 1.165) is 12.8 Å². The monoisotopic (exact) mass is 348 g/mol. The summed E-state index contributed by atoms with van der Waals surface area (Å²) in [6, 6.07) is 11.4. The molecule has 1 saturated carbocycles. The van der Waals surface area contributed by atoms with Crippen molar-refractivity contribution in [3.8, 4) is 11.6 Å². The lowest BCUT2D eigenvalue weighted by Crippen LogP contribution is -2.36. The Balaban J connectivity index is 1.66. The van der Waals surface area contributed by atoms with Crippen LogP contribution in [-0.2, 0) is 0 Å². The molecule has 0 aliphatic heterocycles. The van der Waals surface area contributed by atoms with E-state index in [4.69, 9.17) is 28.6 Å². The van der Waals surface area contributed by atoms with Gasteiger partial charge in [0, 0.05) is 12.1 Å². The maximum atomic E-state index is 6.04. The van der Waals surface area contributed by atoms with Crippen molar-refractivity contribution in [3.05, 3.63) is 41.6 Å². The van der Waals surface area contributed by atoms with Crippen molar-refractivity contribution in [3.63, 3.8) is 0 Å². The van der Waals surface area contributed by atoms with E-state index < -0.39 is 0 Å². The second kappa shape index (κ2) is 7.57. The van der Waals surface area contributed by atoms with Gasteiger partial charge < -0.3 is 15.4 Å². The molecule has 5 nitrogen and oxygen atoms in total. The fourth-order valence-electron chi connectivity index (χ4n) is 2.51. The molecule has 0 unspecified atom stereocenters. The van der Waals surface area contributed by atoms with Crippen LogP contribution in [0.3, 0.4) is 0 Å². The number of thiocarbonyl (C=S) groups is 1. The van der Waals surface area contributed by atoms with Crippen LogP contribution in [-0.4, -0.2) is 21.1 Å². The van der Waals surface area contributed by atoms with E-state index in [1.807, 2.05) is 30.3 Å². The fourth-order valence-corrected chi connectivity index (χ4v) is 2.94. The first-order valence-corrected chi connectivity index (χ1v) is 8.33. The molecule has 0 spiro atoms. The summed E-state index contributed by atoms with van der Waals surface area (Å²) < 4.78 is 5.68. The predicted molar refractivity (Wildman–Crippen MR) is 95.2 cm³/mol. The molecule has 1 fully saturated rings. The van der Waals surface area contributed by atoms with Crippen LogP contribution in [0.1, 0.15) is 25.7 Å². The van der Waals surface area contributed by atoms with Gasteiger partial charge in [0.15, 0.2) is 5.11 Å². The molecule has 2 N–H and O–H groups in total. The second-order valence-electron chi connectivity index (χ2n) is 5.35. The first-order chi connectivity index (χ1) is 11.2. The Morgan fingerprint density at radius 3 is 2.65 bits per heavy atom. The van der Waals surface area contributed by atoms with Gasteiger partial charge in [0.05, 0.1) is 0 Å². The van der Waals surface area contributed by atoms with Crippen molar-refractivity contribution in [1.29, 1.82) is 0 Å². The van der Waals surface area contributed by atoms with Crippen LogP contribution in [0.5, 0.6) is 11.6 Å². The van der Waals surface area contributed by atoms with Crippen LogP contribution in [0.25, 0.3) is 0 Å². The molecule has 1 heterocycles. The molecule has 7 heteroatoms. The third-order valence-corrected chi connectivity index (χ3v) is 3.97. The minimum absolute atomic E-state index is 0.289. The van der Waals surface area contributed by atoms with Gasteiger partial charge in [-0.3, -0.25) is 0 Å². The van der Waals surface area contributed by atoms with Crippen LogP contribution in [0.2, 0.25) is 5.15 Å². The Hall–Kier alpha value is -1.92. The number of hydrogen-bond donors (Lipinski definition) is 2. The number of aromatic nitrogens is 2. The molecule has 120 valence electrons. The van der Waals surface area contributed by atoms with E-state index in [9.17, 15) is 0 Å². The molecular weight excluding hydrogens is 332 g/mol. The average Bonchev–Trinajstić information content (AvgIpc) is 3.00. The zero-order valence-electron chi connectivity index (χ0n) is 12.5. The minimum atomic E-state index is 0.289. The van der Waals surface area contributed by atoms with Crippen molar-refractivity contribution < 1.29 is 4.74 Å². The number of halogens is 1. The zero-order chi connectivity index (χ0) is 16.1. The SMILES string of the molecule is S=C(Nc1nc(Cl)cc(Oc2ccccc2)n1)NC1CCCC1. The number of benzene rings is 1. The molecule has 23 heavy (non-hydrogen) atoms. The Morgan fingerprint density at radius 2 is 1.91 bits per heavy atom. The summed E-state index contributed by atoms with van der Waals surface area (Å²) in [5.41, 5.74) is 0. The van der Waals surface area contributed by atoms with Gasteiger partial charge in [-0.05, 0) is 37.2 Å². The van der Waals surface area contributed by atoms with Crippen molar-refractivity contribution >= 4 is 34.9 Å². The van der Waals surface area contributed by atoms with Gasteiger partial charge >= 0.3 is 0 Å². The fraction of sp³-hybridized carbons (Fsp3) is 0.312. The summed E-state index contributed by atoms with van der Waals surface area (Å²) in [6.07, 6.45) is 4.76. The number of nitrogens with one attached hydrogen (secondary N) is 2. The molecule has 0 amide bonds. The quantitative estimate of drug-likeness (QED) is 0.639. The van der Waals surface area contributed by atoms with E-state index >= 15 is 0 Å². The predicted octanol–water partition coefficient (Wildman–Crippen LogP) is 4.15. The van der Waals surface area contributed by atoms with E-state index in [1.165, 1.54) is 12.8 Å². The van der Waals surface area contributed by atoms with E-state index in [0.29, 0.717) is 28.7 Å². The molecule has 1 aliphatic rings. The van der Waals surface area contributed by atoms with Crippen LogP contribution >= 0.6 is 23.8 Å². The van der Waals surface area contributed by atoms with Gasteiger partial charge in [-0.2, -0.15) is 4.98 Å². The lowest BCUT2D eigenvalue weighted by molar-refractivity contribution is 0.462. The van der Waals surface area contributed by atoms with Gasteiger partial charge in [-0.25, -0.2) is 4.98 Å². The summed E-state index contributed by atoms with van der Waals surface area (Å²) in [4.78, 5) is 8.41. The van der Waals surface area contributed by atoms with E-state index in [1.54, 1.807) is 6.07 Å². The number of rotatable bonds is 4. The van der Waals surface area contributed by atoms with Gasteiger partial charge in [0.1, 0.15) is 10.9 Å². The Kier molecular flexibility index (Phi) is 5.25. The van der Waals surface area contributed by atoms with Gasteiger partial charge in [-0.15, -0.1) is 0 Å². The molecular formula is C16H17ClN4OS. The maximum absolute atomic E-state index is 6.04. The highest BCUT2D eigenvalue weighted by molar-refractivity contribution is 7.80. The van der Waals surface area contributed by atoms with Crippen LogP contribution in [0.15, 0.2) is 36.4 Å². The molecule has 1 aromatic heterocycles. The molecule has 0 atom stereocenters. The van der Waals surface area contributed by atoms with Crippen molar-refractivity contribution in [2.45, 2.75) is 31.7 Å². The normalized spacial score (nSPS) is 14.5. The minimum Gasteiger partial charge on any atom is -0.439 e. The highest BCUT2D eigenvalue weighted by atomic mass is 35.5. The summed E-state index contributed by atoms with van der Waals surface area (Å²) >= 11 is 11.3. The number of hydrogen-bond acceptors (Lipinski definition) is 4. The number of nitrogens with zero attached hydrogens (tertiary/aromatic N) is 2. The van der Waals surface area contributed by atoms with Crippen LogP contribution in [0.4, 0.5) is 5.95 Å². The Labute approximate surface area is 145 Å². The third kappa shape index (κ3) is 4.77. The van der Waals surface area contributed by atoms with Gasteiger partial charge in [0.2, 0.25) is 11.8 Å². The first-order valence-electron chi connectivity index (χ1n) is 7.54. The molecule has 0 bridgehead atoms. The molecule has 0 radical (unpaired) electrons. The smallest absolute Gasteiger partial charge is 0.233 e. The lowest BCUT2D eigenvalue weighted by Gasteiger charge is -2.15. The molecule has 2 aromatic rings. The second-order valence-corrected chi connectivity index (χ2v) is 6.14. The summed E-state index contributed by atoms with van der Waals surface area (Å²) in [6.45, 7) is 0. The number of para-hydroxylation sites is 1. The van der Waals surface area contributed by atoms with Crippen LogP contribution < -0.4 is 15.4 Å². The topological polar surface area (TPSA) is 59.1 Å². The largest absolute Gasteiger partial charge is 0.439 e. The summed E-state index contributed by atoms with van der Waals surface area (Å²) in [5.74, 6) is 1.36. The molecule has 3 rings (SSSR count). The molecule has 0 saturated heterocycles. The van der Waals surface area contributed by atoms with Gasteiger partial charge in [-0.1, -0.05) is 42.6 Å². The van der Waals surface area contributed by atoms with Crippen molar-refractivity contribution in [2.75, 3.05) is 5.32 Å². The third-order valence-electron chi connectivity index (χ3n) is 3.55. The first kappa shape index (κ1) is 16.0. The van der Waals surface area contributed by atoms with E-state index in [2.05, 4.69) is 20.6 Å². The molecule has 1 aromatic carbocycles. The van der Waals surface area contributed by atoms with Gasteiger partial charge in [0.25, 0.3) is 0 Å². The average molecular weight is 349 g/mol. The van der Waals surface area contributed by atoms with Crippen molar-refractivity contribution in [2.24, 2.45) is 0 Å². The Morgan fingerprint density at radius 1 is 1.17 bits per heavy atom. The van der Waals surface area contributed by atoms with Crippen molar-refractivity contribution in [1.82, 2.24) is 15.3 Å². The zero-order valence-corrected chi connectivity index (χ0v) is 14.0. The highest BCUT2D eigenvalue weighted by Crippen LogP contribution is 2.23.